The fourth-order valence-corrected chi connectivity index (χ4v) is 3.21. The van der Waals surface area contributed by atoms with Crippen LogP contribution >= 0.6 is 0 Å². The third-order valence-corrected chi connectivity index (χ3v) is 4.62. The van der Waals surface area contributed by atoms with Gasteiger partial charge in [-0.3, -0.25) is 19.1 Å². The fraction of sp³-hybridized carbons (Fsp3) is 0.316. The molecule has 0 N–H and O–H groups in total. The van der Waals surface area contributed by atoms with Crippen molar-refractivity contribution >= 4 is 16.8 Å². The van der Waals surface area contributed by atoms with Crippen LogP contribution in [0.4, 0.5) is 0 Å². The Balaban J connectivity index is 1.35. The molecule has 8 heteroatoms. The van der Waals surface area contributed by atoms with E-state index in [-0.39, 0.29) is 24.0 Å². The average molecular weight is 365 g/mol. The van der Waals surface area contributed by atoms with Crippen molar-refractivity contribution < 1.29 is 9.53 Å². The third-order valence-electron chi connectivity index (χ3n) is 4.62. The molecule has 1 fully saturated rings. The second-order valence-corrected chi connectivity index (χ2v) is 6.42. The Kier molecular flexibility index (Phi) is 4.78. The lowest BCUT2D eigenvalue weighted by molar-refractivity contribution is -0.130. The lowest BCUT2D eigenvalue weighted by atomic mass is 10.2. The molecule has 4 rings (SSSR count). The summed E-state index contributed by atoms with van der Waals surface area (Å²) in [6.07, 6.45) is 7.13. The lowest BCUT2D eigenvalue weighted by Crippen LogP contribution is -2.32. The first-order chi connectivity index (χ1) is 13.2. The van der Waals surface area contributed by atoms with Gasteiger partial charge in [0.05, 0.1) is 30.0 Å². The van der Waals surface area contributed by atoms with Crippen LogP contribution in [0.2, 0.25) is 0 Å². The van der Waals surface area contributed by atoms with Crippen molar-refractivity contribution in [1.82, 2.24) is 24.4 Å². The van der Waals surface area contributed by atoms with E-state index >= 15 is 0 Å². The molecule has 3 aromatic rings. The Labute approximate surface area is 155 Å². The summed E-state index contributed by atoms with van der Waals surface area (Å²) in [6.45, 7) is 1.45. The number of aryl methyl sites for hydroxylation is 1. The number of nitrogens with zero attached hydrogens (tertiary/aromatic N) is 5. The van der Waals surface area contributed by atoms with Gasteiger partial charge >= 0.3 is 0 Å². The molecule has 1 saturated heterocycles. The smallest absolute Gasteiger partial charge is 0.261 e. The van der Waals surface area contributed by atoms with E-state index in [4.69, 9.17) is 4.74 Å². The van der Waals surface area contributed by atoms with Crippen LogP contribution in [-0.4, -0.2) is 49.5 Å². The van der Waals surface area contributed by atoms with E-state index in [2.05, 4.69) is 15.0 Å². The monoisotopic (exact) mass is 365 g/mol. The number of benzene rings is 1. The van der Waals surface area contributed by atoms with Crippen molar-refractivity contribution in [3.05, 3.63) is 59.5 Å². The molecule has 0 saturated carbocycles. The van der Waals surface area contributed by atoms with Crippen molar-refractivity contribution in [3.8, 4) is 5.88 Å². The van der Waals surface area contributed by atoms with Gasteiger partial charge in [-0.15, -0.1) is 0 Å². The normalized spacial score (nSPS) is 16.6. The van der Waals surface area contributed by atoms with Gasteiger partial charge in [-0.25, -0.2) is 9.97 Å². The molecular weight excluding hydrogens is 346 g/mol. The zero-order valence-corrected chi connectivity index (χ0v) is 14.7. The number of carbonyl (C=O) groups excluding carboxylic acids is 1. The number of amides is 1. The number of carbonyl (C=O) groups is 1. The van der Waals surface area contributed by atoms with Crippen LogP contribution in [0.1, 0.15) is 12.8 Å². The van der Waals surface area contributed by atoms with Crippen LogP contribution in [0.15, 0.2) is 54.0 Å². The Hall–Kier alpha value is -3.29. The summed E-state index contributed by atoms with van der Waals surface area (Å²) in [4.78, 5) is 39.1. The van der Waals surface area contributed by atoms with E-state index in [0.717, 1.165) is 6.42 Å². The minimum atomic E-state index is -0.126. The van der Waals surface area contributed by atoms with Crippen molar-refractivity contribution in [2.45, 2.75) is 25.5 Å². The highest BCUT2D eigenvalue weighted by Crippen LogP contribution is 2.16. The van der Waals surface area contributed by atoms with Gasteiger partial charge in [0, 0.05) is 38.3 Å². The summed E-state index contributed by atoms with van der Waals surface area (Å²) < 4.78 is 7.24. The number of likely N-dealkylation sites (tertiary alicyclic amines) is 1. The fourth-order valence-electron chi connectivity index (χ4n) is 3.21. The molecule has 27 heavy (non-hydrogen) atoms. The zero-order chi connectivity index (χ0) is 18.6. The Morgan fingerprint density at radius 1 is 1.22 bits per heavy atom. The first-order valence-electron chi connectivity index (χ1n) is 8.85. The van der Waals surface area contributed by atoms with E-state index in [1.54, 1.807) is 35.6 Å². The number of rotatable bonds is 5. The standard InChI is InChI=1S/C19H19N5O3/c25-18(23-9-5-14(12-23)27-17-11-20-7-8-21-17)6-10-24-13-22-16-4-2-1-3-15(16)19(24)26/h1-4,7-8,11,13-14H,5-6,9-10,12H2. The second-order valence-electron chi connectivity index (χ2n) is 6.42. The van der Waals surface area contributed by atoms with Crippen molar-refractivity contribution in [3.63, 3.8) is 0 Å². The molecule has 2 aromatic heterocycles. The van der Waals surface area contributed by atoms with Crippen molar-refractivity contribution in [2.75, 3.05) is 13.1 Å². The van der Waals surface area contributed by atoms with Crippen LogP contribution in [0, 0.1) is 0 Å². The molecule has 0 spiro atoms. The number of para-hydroxylation sites is 1. The van der Waals surface area contributed by atoms with E-state index < -0.39 is 0 Å². The highest BCUT2D eigenvalue weighted by atomic mass is 16.5. The van der Waals surface area contributed by atoms with E-state index in [0.29, 0.717) is 36.4 Å². The van der Waals surface area contributed by atoms with Crippen molar-refractivity contribution in [2.24, 2.45) is 0 Å². The van der Waals surface area contributed by atoms with E-state index in [9.17, 15) is 9.59 Å². The molecule has 0 aliphatic carbocycles. The summed E-state index contributed by atoms with van der Waals surface area (Å²) >= 11 is 0. The first kappa shape index (κ1) is 17.1. The number of hydrogen-bond acceptors (Lipinski definition) is 6. The minimum absolute atomic E-state index is 0.000282. The van der Waals surface area contributed by atoms with Gasteiger partial charge in [0.25, 0.3) is 5.56 Å². The van der Waals surface area contributed by atoms with Crippen LogP contribution < -0.4 is 10.3 Å². The van der Waals surface area contributed by atoms with E-state index in [1.165, 1.54) is 10.9 Å². The van der Waals surface area contributed by atoms with Gasteiger partial charge in [0.2, 0.25) is 11.8 Å². The van der Waals surface area contributed by atoms with Crippen LogP contribution in [0.3, 0.4) is 0 Å². The maximum Gasteiger partial charge on any atom is 0.261 e. The summed E-state index contributed by atoms with van der Waals surface area (Å²) in [7, 11) is 0. The molecule has 138 valence electrons. The summed E-state index contributed by atoms with van der Waals surface area (Å²) in [6, 6.07) is 7.20. The van der Waals surface area contributed by atoms with Gasteiger partial charge in [-0.1, -0.05) is 12.1 Å². The molecule has 0 bridgehead atoms. The highest BCUT2D eigenvalue weighted by Gasteiger charge is 2.27. The molecular formula is C19H19N5O3. The third kappa shape index (κ3) is 3.79. The first-order valence-corrected chi connectivity index (χ1v) is 8.85. The Morgan fingerprint density at radius 3 is 2.96 bits per heavy atom. The quantitative estimate of drug-likeness (QED) is 0.676. The van der Waals surface area contributed by atoms with Crippen LogP contribution in [0.5, 0.6) is 5.88 Å². The molecule has 1 unspecified atom stereocenters. The number of ether oxygens (including phenoxy) is 1. The molecule has 3 heterocycles. The molecule has 1 aromatic carbocycles. The molecule has 8 nitrogen and oxygen atoms in total. The Morgan fingerprint density at radius 2 is 2.11 bits per heavy atom. The topological polar surface area (TPSA) is 90.2 Å². The van der Waals surface area contributed by atoms with Crippen molar-refractivity contribution in [1.29, 1.82) is 0 Å². The molecule has 1 aliphatic heterocycles. The SMILES string of the molecule is O=C(CCn1cnc2ccccc2c1=O)N1CCC(Oc2cnccn2)C1. The van der Waals surface area contributed by atoms with Gasteiger partial charge in [-0.2, -0.15) is 0 Å². The van der Waals surface area contributed by atoms with Gasteiger partial charge in [-0.05, 0) is 12.1 Å². The highest BCUT2D eigenvalue weighted by molar-refractivity contribution is 5.77. The summed E-state index contributed by atoms with van der Waals surface area (Å²) in [5.74, 6) is 0.464. The van der Waals surface area contributed by atoms with E-state index in [1.807, 2.05) is 12.1 Å². The molecule has 0 radical (unpaired) electrons. The predicted molar refractivity (Wildman–Crippen MR) is 98.3 cm³/mol. The maximum atomic E-state index is 12.5. The predicted octanol–water partition coefficient (Wildman–Crippen LogP) is 1.26. The zero-order valence-electron chi connectivity index (χ0n) is 14.7. The van der Waals surface area contributed by atoms with Gasteiger partial charge < -0.3 is 9.64 Å². The second kappa shape index (κ2) is 7.53. The van der Waals surface area contributed by atoms with Gasteiger partial charge in [0.1, 0.15) is 6.10 Å². The minimum Gasteiger partial charge on any atom is -0.471 e. The molecule has 1 atom stereocenters. The summed E-state index contributed by atoms with van der Waals surface area (Å²) in [5, 5.41) is 0.561. The Bertz CT molecular complexity index is 1000. The maximum absolute atomic E-state index is 12.5. The van der Waals surface area contributed by atoms with Crippen LogP contribution in [-0.2, 0) is 11.3 Å². The molecule has 1 aliphatic rings. The summed E-state index contributed by atoms with van der Waals surface area (Å²) in [5.41, 5.74) is 0.535. The number of aromatic nitrogens is 4. The lowest BCUT2D eigenvalue weighted by Gasteiger charge is -2.17. The van der Waals surface area contributed by atoms with Crippen LogP contribution in [0.25, 0.3) is 10.9 Å². The largest absolute Gasteiger partial charge is 0.471 e. The van der Waals surface area contributed by atoms with Gasteiger partial charge in [0.15, 0.2) is 0 Å². The number of fused-ring (bicyclic) bond motifs is 1. The number of hydrogen-bond donors (Lipinski definition) is 0. The average Bonchev–Trinajstić information content (AvgIpc) is 3.17. The molecule has 1 amide bonds.